The average Bonchev–Trinajstić information content (AvgIpc) is 2.46. The highest BCUT2D eigenvalue weighted by Gasteiger charge is 2.29. The number of hydrogen-bond donors (Lipinski definition) is 3. The van der Waals surface area contributed by atoms with Crippen LogP contribution in [0.25, 0.3) is 0 Å². The molecule has 7 nitrogen and oxygen atoms in total. The van der Waals surface area contributed by atoms with Crippen LogP contribution >= 0.6 is 12.4 Å². The molecule has 0 spiro atoms. The summed E-state index contributed by atoms with van der Waals surface area (Å²) in [6.45, 7) is 5.67. The van der Waals surface area contributed by atoms with E-state index in [4.69, 9.17) is 5.73 Å². The lowest BCUT2D eigenvalue weighted by molar-refractivity contribution is 0.344. The number of halogens is 1. The Kier molecular flexibility index (Phi) is 9.56. The van der Waals surface area contributed by atoms with Crippen molar-refractivity contribution in [2.75, 3.05) is 18.8 Å². The normalized spacial score (nSPS) is 14.8. The molecule has 1 aromatic carbocycles. The minimum atomic E-state index is -3.72. The van der Waals surface area contributed by atoms with Crippen molar-refractivity contribution in [3.8, 4) is 0 Å². The fraction of sp³-hybridized carbons (Fsp3) is 0.600. The van der Waals surface area contributed by atoms with Gasteiger partial charge in [-0.3, -0.25) is 0 Å². The third kappa shape index (κ3) is 8.48. The Morgan fingerprint density at radius 2 is 1.68 bits per heavy atom. The predicted molar refractivity (Wildman–Crippen MR) is 103 cm³/mol. The Morgan fingerprint density at radius 1 is 1.12 bits per heavy atom. The van der Waals surface area contributed by atoms with Gasteiger partial charge in [0.05, 0.1) is 10.6 Å². The van der Waals surface area contributed by atoms with Gasteiger partial charge in [-0.2, -0.15) is 0 Å². The van der Waals surface area contributed by atoms with E-state index in [1.165, 1.54) is 12.1 Å². The van der Waals surface area contributed by atoms with Gasteiger partial charge in [0.1, 0.15) is 0 Å². The molecule has 1 atom stereocenters. The molecule has 4 N–H and O–H groups in total. The zero-order chi connectivity index (χ0) is 18.4. The number of nitrogens with two attached hydrogens (primary N) is 1. The van der Waals surface area contributed by atoms with E-state index in [9.17, 15) is 16.8 Å². The first kappa shape index (κ1) is 24.3. The van der Waals surface area contributed by atoms with E-state index >= 15 is 0 Å². The standard InChI is InChI=1S/C15H27N3O4S2.ClH/c1-13(2)11-15(3,12-16)18-23(19,20)10-9-17-24(21,22)14-7-5-4-6-8-14;/h4-8,13,17-18H,9-12,16H2,1-3H3;1H. The van der Waals surface area contributed by atoms with Crippen LogP contribution in [0, 0.1) is 5.92 Å². The molecular weight excluding hydrogens is 386 g/mol. The first-order chi connectivity index (χ1) is 11.0. The number of benzene rings is 1. The zero-order valence-corrected chi connectivity index (χ0v) is 17.2. The van der Waals surface area contributed by atoms with E-state index in [2.05, 4.69) is 9.44 Å². The van der Waals surface area contributed by atoms with Crippen LogP contribution in [0.4, 0.5) is 0 Å². The van der Waals surface area contributed by atoms with Crippen molar-refractivity contribution in [1.82, 2.24) is 9.44 Å². The van der Waals surface area contributed by atoms with Crippen molar-refractivity contribution >= 4 is 32.5 Å². The largest absolute Gasteiger partial charge is 0.329 e. The predicted octanol–water partition coefficient (Wildman–Crippen LogP) is 1.07. The second-order valence-electron chi connectivity index (χ2n) is 6.49. The minimum Gasteiger partial charge on any atom is -0.329 e. The summed E-state index contributed by atoms with van der Waals surface area (Å²) < 4.78 is 53.4. The smallest absolute Gasteiger partial charge is 0.240 e. The molecule has 25 heavy (non-hydrogen) atoms. The maximum Gasteiger partial charge on any atom is 0.240 e. The number of rotatable bonds is 10. The summed E-state index contributed by atoms with van der Waals surface area (Å²) in [4.78, 5) is 0.0990. The monoisotopic (exact) mass is 413 g/mol. The van der Waals surface area contributed by atoms with Crippen LogP contribution < -0.4 is 15.2 Å². The molecule has 0 saturated carbocycles. The molecule has 0 aliphatic carbocycles. The van der Waals surface area contributed by atoms with Gasteiger partial charge in [-0.1, -0.05) is 32.0 Å². The number of sulfonamides is 2. The van der Waals surface area contributed by atoms with Gasteiger partial charge in [0.25, 0.3) is 0 Å². The zero-order valence-electron chi connectivity index (χ0n) is 14.7. The molecule has 0 saturated heterocycles. The lowest BCUT2D eigenvalue weighted by atomic mass is 9.92. The van der Waals surface area contributed by atoms with Crippen LogP contribution in [0.1, 0.15) is 27.2 Å². The third-order valence-electron chi connectivity index (χ3n) is 3.43. The fourth-order valence-corrected chi connectivity index (χ4v) is 5.06. The fourth-order valence-electron chi connectivity index (χ4n) is 2.49. The lowest BCUT2D eigenvalue weighted by Crippen LogP contribution is -2.53. The van der Waals surface area contributed by atoms with Crippen LogP contribution in [-0.2, 0) is 20.0 Å². The highest BCUT2D eigenvalue weighted by molar-refractivity contribution is 7.90. The van der Waals surface area contributed by atoms with Gasteiger partial charge in [0.2, 0.25) is 20.0 Å². The summed E-state index contributed by atoms with van der Waals surface area (Å²) >= 11 is 0. The molecule has 0 amide bonds. The molecule has 10 heteroatoms. The van der Waals surface area contributed by atoms with E-state index in [0.29, 0.717) is 6.42 Å². The van der Waals surface area contributed by atoms with Crippen LogP contribution in [0.15, 0.2) is 35.2 Å². The van der Waals surface area contributed by atoms with Crippen molar-refractivity contribution in [3.05, 3.63) is 30.3 Å². The molecule has 146 valence electrons. The van der Waals surface area contributed by atoms with Crippen molar-refractivity contribution in [2.45, 2.75) is 37.6 Å². The Morgan fingerprint density at radius 3 is 2.16 bits per heavy atom. The lowest BCUT2D eigenvalue weighted by Gasteiger charge is -2.30. The van der Waals surface area contributed by atoms with Gasteiger partial charge in [-0.25, -0.2) is 26.3 Å². The van der Waals surface area contributed by atoms with Crippen molar-refractivity contribution in [3.63, 3.8) is 0 Å². The molecule has 0 aliphatic heterocycles. The summed E-state index contributed by atoms with van der Waals surface area (Å²) in [5.74, 6) is -0.0786. The van der Waals surface area contributed by atoms with Gasteiger partial charge in [0, 0.05) is 18.6 Å². The Bertz CT molecular complexity index is 724. The molecule has 0 bridgehead atoms. The highest BCUT2D eigenvalue weighted by atomic mass is 35.5. The van der Waals surface area contributed by atoms with Crippen molar-refractivity contribution in [2.24, 2.45) is 11.7 Å². The first-order valence-electron chi connectivity index (χ1n) is 7.76. The quantitative estimate of drug-likeness (QED) is 0.530. The summed E-state index contributed by atoms with van der Waals surface area (Å²) in [5.41, 5.74) is 4.95. The van der Waals surface area contributed by atoms with Crippen LogP contribution in [0.2, 0.25) is 0 Å². The summed E-state index contributed by atoms with van der Waals surface area (Å²) in [7, 11) is -7.38. The van der Waals surface area contributed by atoms with Gasteiger partial charge >= 0.3 is 0 Å². The summed E-state index contributed by atoms with van der Waals surface area (Å²) in [6, 6.07) is 7.80. The van der Waals surface area contributed by atoms with E-state index in [-0.39, 0.29) is 42.1 Å². The average molecular weight is 414 g/mol. The minimum absolute atomic E-state index is 0. The maximum absolute atomic E-state index is 12.2. The molecule has 1 unspecified atom stereocenters. The second kappa shape index (κ2) is 9.84. The number of hydrogen-bond acceptors (Lipinski definition) is 5. The van der Waals surface area contributed by atoms with Crippen LogP contribution in [0.5, 0.6) is 0 Å². The Hall–Kier alpha value is -0.710. The molecule has 1 rings (SSSR count). The molecule has 0 aromatic heterocycles. The van der Waals surface area contributed by atoms with Crippen LogP contribution in [-0.4, -0.2) is 41.2 Å². The third-order valence-corrected chi connectivity index (χ3v) is 6.45. The van der Waals surface area contributed by atoms with E-state index in [0.717, 1.165) is 0 Å². The Balaban J connectivity index is 0.00000576. The molecule has 1 aromatic rings. The topological polar surface area (TPSA) is 118 Å². The molecule has 0 fully saturated rings. The van der Waals surface area contributed by atoms with Gasteiger partial charge in [-0.15, -0.1) is 12.4 Å². The SMILES string of the molecule is CC(C)CC(C)(CN)NS(=O)(=O)CCNS(=O)(=O)c1ccccc1.Cl. The van der Waals surface area contributed by atoms with Gasteiger partial charge < -0.3 is 5.73 Å². The number of nitrogens with one attached hydrogen (secondary N) is 2. The first-order valence-corrected chi connectivity index (χ1v) is 10.9. The highest BCUT2D eigenvalue weighted by Crippen LogP contribution is 2.16. The van der Waals surface area contributed by atoms with Gasteiger partial charge in [-0.05, 0) is 31.4 Å². The molecule has 0 radical (unpaired) electrons. The Labute approximate surface area is 157 Å². The maximum atomic E-state index is 12.2. The molecular formula is C15H28ClN3O4S2. The molecule has 0 heterocycles. The van der Waals surface area contributed by atoms with E-state index in [1.54, 1.807) is 25.1 Å². The van der Waals surface area contributed by atoms with Crippen molar-refractivity contribution in [1.29, 1.82) is 0 Å². The van der Waals surface area contributed by atoms with Crippen molar-refractivity contribution < 1.29 is 16.8 Å². The second-order valence-corrected chi connectivity index (χ2v) is 10.1. The summed E-state index contributed by atoms with van der Waals surface area (Å²) in [6.07, 6.45) is 0.596. The molecule has 0 aliphatic rings. The van der Waals surface area contributed by atoms with E-state index < -0.39 is 25.6 Å². The van der Waals surface area contributed by atoms with E-state index in [1.807, 2.05) is 13.8 Å². The van der Waals surface area contributed by atoms with Gasteiger partial charge in [0.15, 0.2) is 0 Å². The van der Waals surface area contributed by atoms with Crippen LogP contribution in [0.3, 0.4) is 0 Å². The summed E-state index contributed by atoms with van der Waals surface area (Å²) in [5, 5.41) is 0.